The van der Waals surface area contributed by atoms with E-state index < -0.39 is 0 Å². The SMILES string of the molecule is O=C(NCCc1ccc(F)cc1)Nc1nc2c(s1)CCCC2. The van der Waals surface area contributed by atoms with Crippen LogP contribution in [0.1, 0.15) is 29.0 Å². The van der Waals surface area contributed by atoms with Crippen molar-refractivity contribution in [3.05, 3.63) is 46.2 Å². The highest BCUT2D eigenvalue weighted by atomic mass is 32.1. The molecule has 0 radical (unpaired) electrons. The van der Waals surface area contributed by atoms with Crippen LogP contribution in [0, 0.1) is 5.82 Å². The number of urea groups is 1. The molecule has 0 aliphatic heterocycles. The molecular weight excluding hydrogens is 301 g/mol. The van der Waals surface area contributed by atoms with E-state index in [2.05, 4.69) is 15.6 Å². The van der Waals surface area contributed by atoms with Gasteiger partial charge in [0.15, 0.2) is 5.13 Å². The molecule has 2 aromatic rings. The van der Waals surface area contributed by atoms with Gasteiger partial charge in [-0.15, -0.1) is 11.3 Å². The largest absolute Gasteiger partial charge is 0.337 e. The minimum absolute atomic E-state index is 0.242. The Labute approximate surface area is 132 Å². The van der Waals surface area contributed by atoms with E-state index in [1.165, 1.54) is 29.9 Å². The number of fused-ring (bicyclic) bond motifs is 1. The third-order valence-electron chi connectivity index (χ3n) is 3.68. The Balaban J connectivity index is 1.46. The average molecular weight is 319 g/mol. The topological polar surface area (TPSA) is 54.0 Å². The van der Waals surface area contributed by atoms with Crippen LogP contribution in [0.2, 0.25) is 0 Å². The molecule has 0 saturated carbocycles. The Bertz CT molecular complexity index is 630. The summed E-state index contributed by atoms with van der Waals surface area (Å²) in [6.45, 7) is 0.503. The number of nitrogens with zero attached hydrogens (tertiary/aromatic N) is 1. The Morgan fingerprint density at radius 2 is 2.00 bits per heavy atom. The third-order valence-corrected chi connectivity index (χ3v) is 4.75. The summed E-state index contributed by atoms with van der Waals surface area (Å²) in [4.78, 5) is 17.6. The summed E-state index contributed by atoms with van der Waals surface area (Å²) in [5, 5.41) is 6.26. The van der Waals surface area contributed by atoms with Crippen molar-refractivity contribution >= 4 is 22.5 Å². The maximum atomic E-state index is 12.8. The summed E-state index contributed by atoms with van der Waals surface area (Å²) in [5.41, 5.74) is 2.13. The van der Waals surface area contributed by atoms with Gasteiger partial charge >= 0.3 is 6.03 Å². The molecule has 0 bridgehead atoms. The molecule has 116 valence electrons. The summed E-state index contributed by atoms with van der Waals surface area (Å²) in [6.07, 6.45) is 5.14. The van der Waals surface area contributed by atoms with Gasteiger partial charge in [-0.1, -0.05) is 12.1 Å². The quantitative estimate of drug-likeness (QED) is 0.906. The number of hydrogen-bond acceptors (Lipinski definition) is 3. The van der Waals surface area contributed by atoms with Crippen LogP contribution in [0.3, 0.4) is 0 Å². The number of amides is 2. The molecular formula is C16H18FN3OS. The van der Waals surface area contributed by atoms with Crippen LogP contribution >= 0.6 is 11.3 Å². The van der Waals surface area contributed by atoms with Crippen molar-refractivity contribution in [3.63, 3.8) is 0 Å². The Morgan fingerprint density at radius 3 is 2.77 bits per heavy atom. The van der Waals surface area contributed by atoms with Gasteiger partial charge in [0.1, 0.15) is 5.82 Å². The van der Waals surface area contributed by atoms with Crippen molar-refractivity contribution in [2.24, 2.45) is 0 Å². The molecule has 1 aromatic heterocycles. The van der Waals surface area contributed by atoms with Gasteiger partial charge in [0, 0.05) is 11.4 Å². The van der Waals surface area contributed by atoms with Gasteiger partial charge in [0.2, 0.25) is 0 Å². The first-order chi connectivity index (χ1) is 10.7. The fourth-order valence-corrected chi connectivity index (χ4v) is 3.56. The van der Waals surface area contributed by atoms with Crippen LogP contribution in [-0.2, 0) is 19.3 Å². The van der Waals surface area contributed by atoms with Crippen molar-refractivity contribution in [1.29, 1.82) is 0 Å². The second-order valence-electron chi connectivity index (χ2n) is 5.35. The number of nitrogens with one attached hydrogen (secondary N) is 2. The van der Waals surface area contributed by atoms with E-state index in [4.69, 9.17) is 0 Å². The molecule has 0 unspecified atom stereocenters. The van der Waals surface area contributed by atoms with Crippen molar-refractivity contribution in [2.75, 3.05) is 11.9 Å². The van der Waals surface area contributed by atoms with Gasteiger partial charge in [-0.25, -0.2) is 14.2 Å². The number of anilines is 1. The summed E-state index contributed by atoms with van der Waals surface area (Å²) in [5.74, 6) is -0.248. The zero-order valence-electron chi connectivity index (χ0n) is 12.2. The second kappa shape index (κ2) is 6.87. The lowest BCUT2D eigenvalue weighted by atomic mass is 10.0. The predicted molar refractivity (Wildman–Crippen MR) is 85.9 cm³/mol. The summed E-state index contributed by atoms with van der Waals surface area (Å²) in [6, 6.07) is 6.06. The molecule has 1 aromatic carbocycles. The van der Waals surface area contributed by atoms with Crippen LogP contribution < -0.4 is 10.6 Å². The number of halogens is 1. The zero-order chi connectivity index (χ0) is 15.4. The Morgan fingerprint density at radius 1 is 1.23 bits per heavy atom. The van der Waals surface area contributed by atoms with E-state index in [0.29, 0.717) is 18.1 Å². The van der Waals surface area contributed by atoms with Crippen molar-refractivity contribution in [3.8, 4) is 0 Å². The standard InChI is InChI=1S/C16H18FN3OS/c17-12-7-5-11(6-8-12)9-10-18-15(21)20-16-19-13-3-1-2-4-14(13)22-16/h5-8H,1-4,9-10H2,(H2,18,19,20,21). The van der Waals surface area contributed by atoms with Crippen LogP contribution in [-0.4, -0.2) is 17.6 Å². The highest BCUT2D eigenvalue weighted by Gasteiger charge is 2.16. The normalized spacial score (nSPS) is 13.5. The number of rotatable bonds is 4. The average Bonchev–Trinajstić information content (AvgIpc) is 2.91. The van der Waals surface area contributed by atoms with Crippen LogP contribution in [0.15, 0.2) is 24.3 Å². The molecule has 0 atom stereocenters. The fraction of sp³-hybridized carbons (Fsp3) is 0.375. The number of aromatic nitrogens is 1. The Kier molecular flexibility index (Phi) is 4.68. The lowest BCUT2D eigenvalue weighted by Gasteiger charge is -2.06. The molecule has 2 amide bonds. The molecule has 1 heterocycles. The fourth-order valence-electron chi connectivity index (χ4n) is 2.52. The second-order valence-corrected chi connectivity index (χ2v) is 6.44. The lowest BCUT2D eigenvalue weighted by Crippen LogP contribution is -2.30. The van der Waals surface area contributed by atoms with E-state index in [0.717, 1.165) is 24.1 Å². The highest BCUT2D eigenvalue weighted by Crippen LogP contribution is 2.29. The first-order valence-corrected chi connectivity index (χ1v) is 8.30. The number of carbonyl (C=O) groups excluding carboxylic acids is 1. The molecule has 1 aliphatic carbocycles. The molecule has 0 saturated heterocycles. The summed E-state index contributed by atoms with van der Waals surface area (Å²) >= 11 is 1.57. The van der Waals surface area contributed by atoms with Gasteiger partial charge < -0.3 is 5.32 Å². The molecule has 0 fully saturated rings. The van der Waals surface area contributed by atoms with Crippen molar-refractivity contribution < 1.29 is 9.18 Å². The number of carbonyl (C=O) groups is 1. The van der Waals surface area contributed by atoms with E-state index in [9.17, 15) is 9.18 Å². The maximum absolute atomic E-state index is 12.8. The van der Waals surface area contributed by atoms with Crippen molar-refractivity contribution in [1.82, 2.24) is 10.3 Å². The minimum Gasteiger partial charge on any atom is -0.337 e. The molecule has 2 N–H and O–H groups in total. The zero-order valence-corrected chi connectivity index (χ0v) is 13.0. The molecule has 4 nitrogen and oxygen atoms in total. The number of thiazole rings is 1. The van der Waals surface area contributed by atoms with E-state index >= 15 is 0 Å². The number of hydrogen-bond donors (Lipinski definition) is 2. The first kappa shape index (κ1) is 15.0. The molecule has 3 rings (SSSR count). The van der Waals surface area contributed by atoms with Gasteiger partial charge in [0.05, 0.1) is 5.69 Å². The third kappa shape index (κ3) is 3.82. The van der Waals surface area contributed by atoms with Crippen molar-refractivity contribution in [2.45, 2.75) is 32.1 Å². The van der Waals surface area contributed by atoms with Gasteiger partial charge in [-0.05, 0) is 49.8 Å². The predicted octanol–water partition coefficient (Wildman–Crippen LogP) is 3.53. The molecule has 0 spiro atoms. The smallest absolute Gasteiger partial charge is 0.321 e. The van der Waals surface area contributed by atoms with Crippen LogP contribution in [0.4, 0.5) is 14.3 Å². The molecule has 6 heteroatoms. The summed E-state index contributed by atoms with van der Waals surface area (Å²) < 4.78 is 12.8. The molecule has 1 aliphatic rings. The van der Waals surface area contributed by atoms with Gasteiger partial charge in [0.25, 0.3) is 0 Å². The van der Waals surface area contributed by atoms with E-state index in [1.807, 2.05) is 0 Å². The highest BCUT2D eigenvalue weighted by molar-refractivity contribution is 7.15. The van der Waals surface area contributed by atoms with E-state index in [1.54, 1.807) is 23.5 Å². The lowest BCUT2D eigenvalue weighted by molar-refractivity contribution is 0.252. The minimum atomic E-state index is -0.248. The van der Waals surface area contributed by atoms with Crippen LogP contribution in [0.25, 0.3) is 0 Å². The summed E-state index contributed by atoms with van der Waals surface area (Å²) in [7, 11) is 0. The first-order valence-electron chi connectivity index (χ1n) is 7.48. The maximum Gasteiger partial charge on any atom is 0.321 e. The number of aryl methyl sites for hydroxylation is 2. The van der Waals surface area contributed by atoms with Gasteiger partial charge in [-0.3, -0.25) is 5.32 Å². The van der Waals surface area contributed by atoms with Crippen LogP contribution in [0.5, 0.6) is 0 Å². The monoisotopic (exact) mass is 319 g/mol. The molecule has 22 heavy (non-hydrogen) atoms. The number of benzene rings is 1. The Hall–Kier alpha value is -1.95. The van der Waals surface area contributed by atoms with E-state index in [-0.39, 0.29) is 11.8 Å². The van der Waals surface area contributed by atoms with Gasteiger partial charge in [-0.2, -0.15) is 0 Å².